The maximum atomic E-state index is 12.4. The van der Waals surface area contributed by atoms with E-state index in [0.29, 0.717) is 6.42 Å². The third-order valence-electron chi connectivity index (χ3n) is 9.49. The fraction of sp³-hybridized carbons (Fsp3) is 0.941. The molecule has 2 aliphatic heterocycles. The van der Waals surface area contributed by atoms with E-state index in [4.69, 9.17) is 18.9 Å². The van der Waals surface area contributed by atoms with E-state index >= 15 is 0 Å². The molecule has 0 radical (unpaired) electrons. The van der Waals surface area contributed by atoms with Crippen molar-refractivity contribution in [3.8, 4) is 0 Å². The Hall–Kier alpha value is -1.26. The molecule has 14 atom stereocenters. The Morgan fingerprint density at radius 2 is 1.04 bits per heavy atom. The van der Waals surface area contributed by atoms with E-state index in [9.17, 15) is 65.8 Å². The second-order valence-corrected chi connectivity index (χ2v) is 13.7. The van der Waals surface area contributed by atoms with Crippen molar-refractivity contribution < 1.29 is 84.7 Å². The first-order valence-electron chi connectivity index (χ1n) is 18.3. The minimum Gasteiger partial charge on any atom is -0.394 e. The van der Waals surface area contributed by atoms with Gasteiger partial charge in [-0.1, -0.05) is 84.0 Å². The van der Waals surface area contributed by atoms with Crippen LogP contribution in [0.25, 0.3) is 0 Å². The predicted molar refractivity (Wildman–Crippen MR) is 177 cm³/mol. The highest BCUT2D eigenvalue weighted by molar-refractivity contribution is 6.38. The van der Waals surface area contributed by atoms with Crippen LogP contribution < -0.4 is 0 Å². The van der Waals surface area contributed by atoms with Gasteiger partial charge in [0, 0.05) is 6.42 Å². The molecule has 0 aliphatic carbocycles. The van der Waals surface area contributed by atoms with Crippen LogP contribution in [0.2, 0.25) is 0 Å². The Labute approximate surface area is 298 Å². The van der Waals surface area contributed by atoms with E-state index in [1.165, 1.54) is 44.9 Å². The van der Waals surface area contributed by atoms with E-state index in [1.807, 2.05) is 0 Å². The van der Waals surface area contributed by atoms with Crippen LogP contribution in [0.15, 0.2) is 0 Å². The van der Waals surface area contributed by atoms with Crippen LogP contribution in [0, 0.1) is 0 Å². The molecule has 51 heavy (non-hydrogen) atoms. The first-order valence-corrected chi connectivity index (χ1v) is 18.3. The number of rotatable bonds is 26. The quantitative estimate of drug-likeness (QED) is 0.0328. The number of carbonyl (C=O) groups excluding carboxylic acids is 2. The lowest BCUT2D eigenvalue weighted by Crippen LogP contribution is -2.62. The van der Waals surface area contributed by atoms with Gasteiger partial charge in [0.2, 0.25) is 11.6 Å². The number of aliphatic hydroxyl groups excluding tert-OH is 11. The molecule has 0 aromatic rings. The maximum Gasteiger partial charge on any atom is 0.229 e. The lowest BCUT2D eigenvalue weighted by Gasteiger charge is -2.42. The van der Waals surface area contributed by atoms with E-state index in [-0.39, 0.29) is 6.42 Å². The number of carbonyl (C=O) groups is 2. The number of hydrogen-bond donors (Lipinski definition) is 11. The van der Waals surface area contributed by atoms with Gasteiger partial charge in [0.25, 0.3) is 0 Å². The number of ether oxygens (including phenoxy) is 4. The summed E-state index contributed by atoms with van der Waals surface area (Å²) >= 11 is 0. The van der Waals surface area contributed by atoms with Crippen molar-refractivity contribution in [2.24, 2.45) is 0 Å². The molecule has 17 nitrogen and oxygen atoms in total. The molecule has 2 heterocycles. The third kappa shape index (κ3) is 14.5. The molecule has 300 valence electrons. The summed E-state index contributed by atoms with van der Waals surface area (Å²) in [5, 5.41) is 112. The number of ketones is 2. The van der Waals surface area contributed by atoms with Gasteiger partial charge >= 0.3 is 0 Å². The number of Topliss-reactive ketones (excluding diaryl/α,β-unsaturated/α-hetero) is 2. The molecule has 2 aliphatic rings. The van der Waals surface area contributed by atoms with E-state index in [2.05, 4.69) is 6.92 Å². The highest BCUT2D eigenvalue weighted by Gasteiger charge is 2.48. The molecule has 0 saturated carbocycles. The Morgan fingerprint density at radius 3 is 1.55 bits per heavy atom. The summed E-state index contributed by atoms with van der Waals surface area (Å²) in [6.45, 7) is -0.0572. The fourth-order valence-electron chi connectivity index (χ4n) is 6.04. The second-order valence-electron chi connectivity index (χ2n) is 13.7. The monoisotopic (exact) mass is 742 g/mol. The minimum atomic E-state index is -2.33. The second kappa shape index (κ2) is 24.2. The van der Waals surface area contributed by atoms with Gasteiger partial charge in [0.1, 0.15) is 73.2 Å². The van der Waals surface area contributed by atoms with Crippen molar-refractivity contribution in [2.75, 3.05) is 19.8 Å². The molecule has 0 aromatic heterocycles. The van der Waals surface area contributed by atoms with Crippen LogP contribution >= 0.6 is 0 Å². The van der Waals surface area contributed by atoms with E-state index in [0.717, 1.165) is 32.1 Å². The molecule has 0 unspecified atom stereocenters. The molecule has 0 amide bonds. The molecule has 2 fully saturated rings. The average Bonchev–Trinajstić information content (AvgIpc) is 3.13. The summed E-state index contributed by atoms with van der Waals surface area (Å²) in [5.74, 6) is -2.25. The zero-order valence-corrected chi connectivity index (χ0v) is 29.5. The molecule has 0 spiro atoms. The standard InChI is InChI=1S/C34H62O17/c1-2-3-4-5-6-7-8-9-10-11-12-13-14-15-19(36)23(38)27(42)28(43)24(39)20(37)17-48-33-32(47)30(45)26(41)22(51-33)18-49-34-31(46)29(44)25(40)21(16-35)50-34/h20-22,24-35,37,39-47H,2-18H2,1H3/t20-,21-,22-,24-,25-,26-,27+,28+,29+,30+,31-,32-,33+,34+/m1/s1. The van der Waals surface area contributed by atoms with Crippen LogP contribution in [-0.2, 0) is 28.5 Å². The SMILES string of the molecule is CCCCCCCCCCCCCCCC(=O)C(=O)[C@H](O)[C@@H](O)[C@H](O)[C@H](O)CO[C@H]1O[C@H](CO[C@H]2O[C@H](CO)[C@@H](O)[C@H](O)[C@H]2O)[C@@H](O)[C@H](O)[C@H]1O. The van der Waals surface area contributed by atoms with Gasteiger partial charge in [0.05, 0.1) is 19.8 Å². The highest BCUT2D eigenvalue weighted by Crippen LogP contribution is 2.26. The molecule has 0 bridgehead atoms. The zero-order chi connectivity index (χ0) is 38.1. The Bertz CT molecular complexity index is 971. The Balaban J connectivity index is 1.73. The lowest BCUT2D eigenvalue weighted by molar-refractivity contribution is -0.333. The van der Waals surface area contributed by atoms with Gasteiger partial charge in [-0.25, -0.2) is 0 Å². The topological polar surface area (TPSA) is 294 Å². The Morgan fingerprint density at radius 1 is 0.588 bits per heavy atom. The summed E-state index contributed by atoms with van der Waals surface area (Å²) in [7, 11) is 0. The summed E-state index contributed by atoms with van der Waals surface area (Å²) in [6, 6.07) is 0. The molecule has 2 saturated heterocycles. The summed E-state index contributed by atoms with van der Waals surface area (Å²) in [4.78, 5) is 24.7. The summed E-state index contributed by atoms with van der Waals surface area (Å²) in [5.41, 5.74) is 0. The normalized spacial score (nSPS) is 32.3. The van der Waals surface area contributed by atoms with Crippen LogP contribution in [0.3, 0.4) is 0 Å². The van der Waals surface area contributed by atoms with Gasteiger partial charge in [-0.05, 0) is 6.42 Å². The first-order chi connectivity index (χ1) is 24.3. The van der Waals surface area contributed by atoms with Crippen molar-refractivity contribution >= 4 is 11.6 Å². The summed E-state index contributed by atoms with van der Waals surface area (Å²) < 4.78 is 21.2. The van der Waals surface area contributed by atoms with Crippen molar-refractivity contribution in [3.05, 3.63) is 0 Å². The van der Waals surface area contributed by atoms with Crippen molar-refractivity contribution in [3.63, 3.8) is 0 Å². The fourth-order valence-corrected chi connectivity index (χ4v) is 6.04. The molecule has 2 rings (SSSR count). The van der Waals surface area contributed by atoms with Crippen molar-refractivity contribution in [1.29, 1.82) is 0 Å². The number of hydrogen-bond acceptors (Lipinski definition) is 17. The Kier molecular flexibility index (Phi) is 21.8. The summed E-state index contributed by atoms with van der Waals surface area (Å²) in [6.07, 6.45) is -11.6. The lowest BCUT2D eigenvalue weighted by atomic mass is 9.96. The van der Waals surface area contributed by atoms with Crippen molar-refractivity contribution in [1.82, 2.24) is 0 Å². The highest BCUT2D eigenvalue weighted by atomic mass is 16.7. The van der Waals surface area contributed by atoms with Crippen LogP contribution in [0.5, 0.6) is 0 Å². The molecule has 11 N–H and O–H groups in total. The smallest absolute Gasteiger partial charge is 0.229 e. The van der Waals surface area contributed by atoms with Crippen molar-refractivity contribution in [2.45, 2.75) is 183 Å². The van der Waals surface area contributed by atoms with Gasteiger partial charge < -0.3 is 75.1 Å². The third-order valence-corrected chi connectivity index (χ3v) is 9.49. The van der Waals surface area contributed by atoms with Gasteiger partial charge in [-0.15, -0.1) is 0 Å². The van der Waals surface area contributed by atoms with E-state index < -0.39 is 117 Å². The molecular weight excluding hydrogens is 680 g/mol. The van der Waals surface area contributed by atoms with E-state index in [1.54, 1.807) is 0 Å². The van der Waals surface area contributed by atoms with Crippen LogP contribution in [0.4, 0.5) is 0 Å². The maximum absolute atomic E-state index is 12.4. The number of aliphatic hydroxyl groups is 11. The largest absolute Gasteiger partial charge is 0.394 e. The van der Waals surface area contributed by atoms with Crippen LogP contribution in [0.1, 0.15) is 96.8 Å². The minimum absolute atomic E-state index is 0.144. The van der Waals surface area contributed by atoms with Gasteiger partial charge in [-0.3, -0.25) is 9.59 Å². The van der Waals surface area contributed by atoms with Gasteiger partial charge in [-0.2, -0.15) is 0 Å². The van der Waals surface area contributed by atoms with Crippen LogP contribution in [-0.4, -0.2) is 173 Å². The first kappa shape index (κ1) is 45.9. The predicted octanol–water partition coefficient (Wildman–Crippen LogP) is -2.31. The van der Waals surface area contributed by atoms with Gasteiger partial charge in [0.15, 0.2) is 12.6 Å². The average molecular weight is 743 g/mol. The molecule has 17 heteroatoms. The molecular formula is C34H62O17. The number of unbranched alkanes of at least 4 members (excludes halogenated alkanes) is 12. The molecule has 0 aromatic carbocycles. The zero-order valence-electron chi connectivity index (χ0n) is 29.5.